The van der Waals surface area contributed by atoms with Crippen LogP contribution in [0.1, 0.15) is 16.2 Å². The third kappa shape index (κ3) is 2.66. The highest BCUT2D eigenvalue weighted by atomic mass is 19.1. The maximum absolute atomic E-state index is 12.9. The van der Waals surface area contributed by atoms with Crippen molar-refractivity contribution in [1.29, 1.82) is 0 Å². The van der Waals surface area contributed by atoms with Crippen LogP contribution in [-0.2, 0) is 6.54 Å². The first-order valence-corrected chi connectivity index (χ1v) is 5.01. The third-order valence-electron chi connectivity index (χ3n) is 2.24. The molecular formula is C11H11FN4O. The molecule has 5 nitrogen and oxygen atoms in total. The van der Waals surface area contributed by atoms with Crippen LogP contribution < -0.4 is 0 Å². The number of pyridine rings is 1. The van der Waals surface area contributed by atoms with E-state index in [0.717, 1.165) is 12.3 Å². The molecule has 0 saturated carbocycles. The van der Waals surface area contributed by atoms with Gasteiger partial charge in [0.1, 0.15) is 11.6 Å². The number of rotatable bonds is 3. The van der Waals surface area contributed by atoms with Gasteiger partial charge in [-0.05, 0) is 6.07 Å². The number of hydrogen-bond acceptors (Lipinski definition) is 3. The van der Waals surface area contributed by atoms with Crippen LogP contribution in [0.25, 0.3) is 0 Å². The van der Waals surface area contributed by atoms with E-state index in [-0.39, 0.29) is 11.5 Å². The molecule has 0 atom stereocenters. The summed E-state index contributed by atoms with van der Waals surface area (Å²) in [5, 5.41) is 0. The van der Waals surface area contributed by atoms with E-state index >= 15 is 0 Å². The van der Waals surface area contributed by atoms with E-state index in [9.17, 15) is 9.18 Å². The molecule has 0 fully saturated rings. The van der Waals surface area contributed by atoms with Crippen molar-refractivity contribution in [3.63, 3.8) is 0 Å². The van der Waals surface area contributed by atoms with Crippen LogP contribution >= 0.6 is 0 Å². The highest BCUT2D eigenvalue weighted by Crippen LogP contribution is 2.06. The maximum Gasteiger partial charge on any atom is 0.255 e. The second-order valence-electron chi connectivity index (χ2n) is 3.59. The largest absolute Gasteiger partial charge is 0.347 e. The average Bonchev–Trinajstić information content (AvgIpc) is 2.80. The van der Waals surface area contributed by atoms with Gasteiger partial charge in [0.05, 0.1) is 18.3 Å². The van der Waals surface area contributed by atoms with Crippen molar-refractivity contribution in [2.24, 2.45) is 0 Å². The summed E-state index contributed by atoms with van der Waals surface area (Å²) in [6.45, 7) is 0.336. The first-order valence-electron chi connectivity index (χ1n) is 5.01. The minimum atomic E-state index is -0.526. The van der Waals surface area contributed by atoms with Gasteiger partial charge < -0.3 is 9.88 Å². The minimum Gasteiger partial charge on any atom is -0.347 e. The molecule has 0 aliphatic rings. The van der Waals surface area contributed by atoms with E-state index in [0.29, 0.717) is 12.4 Å². The highest BCUT2D eigenvalue weighted by molar-refractivity contribution is 5.93. The van der Waals surface area contributed by atoms with Crippen molar-refractivity contribution < 1.29 is 9.18 Å². The Bertz CT molecular complexity index is 512. The van der Waals surface area contributed by atoms with Crippen molar-refractivity contribution in [2.75, 3.05) is 7.05 Å². The van der Waals surface area contributed by atoms with Gasteiger partial charge in [0.25, 0.3) is 5.91 Å². The fourth-order valence-electron chi connectivity index (χ4n) is 1.43. The molecule has 1 amide bonds. The Balaban J connectivity index is 2.09. The Labute approximate surface area is 97.3 Å². The number of aromatic nitrogens is 3. The molecule has 0 unspecified atom stereocenters. The zero-order chi connectivity index (χ0) is 12.3. The second-order valence-corrected chi connectivity index (χ2v) is 3.59. The Morgan fingerprint density at radius 2 is 2.35 bits per heavy atom. The second kappa shape index (κ2) is 4.73. The number of aromatic amines is 1. The molecule has 17 heavy (non-hydrogen) atoms. The monoisotopic (exact) mass is 234 g/mol. The smallest absolute Gasteiger partial charge is 0.255 e. The lowest BCUT2D eigenvalue weighted by Gasteiger charge is -2.15. The molecule has 88 valence electrons. The van der Waals surface area contributed by atoms with E-state index in [1.54, 1.807) is 19.4 Å². The predicted octanol–water partition coefficient (Wildman–Crippen LogP) is 1.22. The Hall–Kier alpha value is -2.24. The maximum atomic E-state index is 12.9. The minimum absolute atomic E-state index is 0.221. The molecule has 0 aliphatic carbocycles. The van der Waals surface area contributed by atoms with Gasteiger partial charge in [-0.2, -0.15) is 0 Å². The Morgan fingerprint density at radius 3 is 3.00 bits per heavy atom. The van der Waals surface area contributed by atoms with Crippen LogP contribution in [0, 0.1) is 5.82 Å². The first kappa shape index (κ1) is 11.3. The topological polar surface area (TPSA) is 61.9 Å². The zero-order valence-electron chi connectivity index (χ0n) is 9.22. The van der Waals surface area contributed by atoms with Crippen LogP contribution in [0.15, 0.2) is 30.9 Å². The van der Waals surface area contributed by atoms with Gasteiger partial charge in [-0.3, -0.25) is 9.78 Å². The third-order valence-corrected chi connectivity index (χ3v) is 2.24. The summed E-state index contributed by atoms with van der Waals surface area (Å²) in [6, 6.07) is 1.16. The molecule has 2 heterocycles. The van der Waals surface area contributed by atoms with E-state index in [1.165, 1.54) is 11.1 Å². The van der Waals surface area contributed by atoms with Crippen LogP contribution in [-0.4, -0.2) is 32.8 Å². The quantitative estimate of drug-likeness (QED) is 0.868. The van der Waals surface area contributed by atoms with Crippen molar-refractivity contribution in [2.45, 2.75) is 6.54 Å². The number of imidazole rings is 1. The molecule has 2 rings (SSSR count). The van der Waals surface area contributed by atoms with Crippen molar-refractivity contribution >= 4 is 5.91 Å². The number of halogens is 1. The summed E-state index contributed by atoms with van der Waals surface area (Å²) >= 11 is 0. The molecule has 0 aromatic carbocycles. The number of H-pyrrole nitrogens is 1. The van der Waals surface area contributed by atoms with E-state index in [1.807, 2.05) is 0 Å². The summed E-state index contributed by atoms with van der Waals surface area (Å²) in [7, 11) is 1.62. The molecule has 2 aromatic rings. The lowest BCUT2D eigenvalue weighted by atomic mass is 10.2. The van der Waals surface area contributed by atoms with Gasteiger partial charge in [0, 0.05) is 25.6 Å². The summed E-state index contributed by atoms with van der Waals surface area (Å²) in [5.41, 5.74) is 0.221. The Morgan fingerprint density at radius 1 is 1.53 bits per heavy atom. The van der Waals surface area contributed by atoms with Crippen LogP contribution in [0.3, 0.4) is 0 Å². The summed E-state index contributed by atoms with van der Waals surface area (Å²) in [4.78, 5) is 23.9. The zero-order valence-corrected chi connectivity index (χ0v) is 9.22. The molecule has 0 radical (unpaired) electrons. The fourth-order valence-corrected chi connectivity index (χ4v) is 1.43. The molecule has 0 aliphatic heterocycles. The molecular weight excluding hydrogens is 223 g/mol. The lowest BCUT2D eigenvalue weighted by Crippen LogP contribution is -2.26. The van der Waals surface area contributed by atoms with Crippen LogP contribution in [0.5, 0.6) is 0 Å². The number of nitrogens with one attached hydrogen (secondary N) is 1. The number of carbonyl (C=O) groups excluding carboxylic acids is 1. The highest BCUT2D eigenvalue weighted by Gasteiger charge is 2.13. The first-order chi connectivity index (χ1) is 8.16. The fraction of sp³-hybridized carbons (Fsp3) is 0.182. The van der Waals surface area contributed by atoms with Gasteiger partial charge in [-0.25, -0.2) is 9.37 Å². The van der Waals surface area contributed by atoms with E-state index < -0.39 is 5.82 Å². The van der Waals surface area contributed by atoms with E-state index in [2.05, 4.69) is 15.0 Å². The van der Waals surface area contributed by atoms with Crippen molar-refractivity contribution in [1.82, 2.24) is 19.9 Å². The van der Waals surface area contributed by atoms with E-state index in [4.69, 9.17) is 0 Å². The lowest BCUT2D eigenvalue weighted by molar-refractivity contribution is 0.0781. The standard InChI is InChI=1S/C11H11FN4O/c1-16(7-10-14-2-3-15-10)11(17)8-4-9(12)6-13-5-8/h2-6H,7H2,1H3,(H,14,15). The summed E-state index contributed by atoms with van der Waals surface area (Å²) in [5.74, 6) is -0.152. The number of hydrogen-bond donors (Lipinski definition) is 1. The predicted molar refractivity (Wildman–Crippen MR) is 58.6 cm³/mol. The molecule has 6 heteroatoms. The van der Waals surface area contributed by atoms with Crippen LogP contribution in [0.4, 0.5) is 4.39 Å². The van der Waals surface area contributed by atoms with Crippen molar-refractivity contribution in [3.8, 4) is 0 Å². The normalized spacial score (nSPS) is 10.2. The SMILES string of the molecule is CN(Cc1ncc[nH]1)C(=O)c1cncc(F)c1. The van der Waals surface area contributed by atoms with Crippen molar-refractivity contribution in [3.05, 3.63) is 48.1 Å². The Kier molecular flexibility index (Phi) is 3.13. The van der Waals surface area contributed by atoms with Gasteiger partial charge in [0.15, 0.2) is 0 Å². The number of carbonyl (C=O) groups is 1. The van der Waals surface area contributed by atoms with Crippen LogP contribution in [0.2, 0.25) is 0 Å². The van der Waals surface area contributed by atoms with Gasteiger partial charge in [-0.1, -0.05) is 0 Å². The van der Waals surface area contributed by atoms with Gasteiger partial charge in [0.2, 0.25) is 0 Å². The molecule has 0 saturated heterocycles. The molecule has 0 spiro atoms. The van der Waals surface area contributed by atoms with Gasteiger partial charge >= 0.3 is 0 Å². The average molecular weight is 234 g/mol. The number of nitrogens with zero attached hydrogens (tertiary/aromatic N) is 3. The number of amides is 1. The van der Waals surface area contributed by atoms with Gasteiger partial charge in [-0.15, -0.1) is 0 Å². The summed E-state index contributed by atoms with van der Waals surface area (Å²) < 4.78 is 12.9. The molecule has 0 bridgehead atoms. The molecule has 2 aromatic heterocycles. The molecule has 1 N–H and O–H groups in total. The summed E-state index contributed by atoms with van der Waals surface area (Å²) in [6.07, 6.45) is 5.68.